The molecule has 2 aliphatic rings. The van der Waals surface area contributed by atoms with Gasteiger partial charge in [-0.2, -0.15) is 0 Å². The maximum Gasteiger partial charge on any atom is 0.262 e. The lowest BCUT2D eigenvalue weighted by atomic mass is 9.93. The van der Waals surface area contributed by atoms with Crippen LogP contribution in [0.1, 0.15) is 82.5 Å². The van der Waals surface area contributed by atoms with E-state index < -0.39 is 23.0 Å². The first-order valence-electron chi connectivity index (χ1n) is 10.1. The van der Waals surface area contributed by atoms with Crippen molar-refractivity contribution < 1.29 is 23.9 Å². The summed E-state index contributed by atoms with van der Waals surface area (Å²) in [7, 11) is 0. The van der Waals surface area contributed by atoms with E-state index in [9.17, 15) is 19.2 Å². The molecule has 0 unspecified atom stereocenters. The molecule has 0 fully saturated rings. The number of nitrogens with zero attached hydrogens (tertiary/aromatic N) is 1. The van der Waals surface area contributed by atoms with Gasteiger partial charge in [0.25, 0.3) is 17.7 Å². The molecule has 1 N–H and O–H groups in total. The molecular weight excluding hydrogens is 396 g/mol. The van der Waals surface area contributed by atoms with Crippen LogP contribution in [0.25, 0.3) is 0 Å². The molecule has 7 heteroatoms. The summed E-state index contributed by atoms with van der Waals surface area (Å²) in [6, 6.07) is 9.37. The van der Waals surface area contributed by atoms with Crippen LogP contribution in [0.5, 0.6) is 5.75 Å². The number of ketones is 1. The molecule has 31 heavy (non-hydrogen) atoms. The molecular formula is C24H24N2O5. The number of carbonyl (C=O) groups is 4. The first-order chi connectivity index (χ1) is 14.4. The van der Waals surface area contributed by atoms with E-state index in [1.54, 1.807) is 39.0 Å². The van der Waals surface area contributed by atoms with Crippen molar-refractivity contribution in [3.63, 3.8) is 0 Å². The molecule has 0 saturated heterocycles. The Hall–Kier alpha value is -3.48. The zero-order valence-electron chi connectivity index (χ0n) is 18.2. The summed E-state index contributed by atoms with van der Waals surface area (Å²) in [5, 5.41) is 2.75. The minimum absolute atomic E-state index is 0.0498. The van der Waals surface area contributed by atoms with E-state index in [1.807, 2.05) is 13.8 Å². The number of hydrogen-bond donors (Lipinski definition) is 1. The van der Waals surface area contributed by atoms with Gasteiger partial charge < -0.3 is 10.1 Å². The Labute approximate surface area is 180 Å². The normalized spacial score (nSPS) is 17.2. The number of amides is 3. The summed E-state index contributed by atoms with van der Waals surface area (Å²) in [6.07, 6.45) is 0.253. The van der Waals surface area contributed by atoms with Crippen molar-refractivity contribution in [3.05, 3.63) is 58.7 Å². The second-order valence-corrected chi connectivity index (χ2v) is 9.50. The van der Waals surface area contributed by atoms with E-state index in [2.05, 4.69) is 5.32 Å². The molecule has 2 aliphatic heterocycles. The third kappa shape index (κ3) is 3.60. The first kappa shape index (κ1) is 20.8. The smallest absolute Gasteiger partial charge is 0.262 e. The summed E-state index contributed by atoms with van der Waals surface area (Å²) < 4.78 is 5.84. The third-order valence-corrected chi connectivity index (χ3v) is 5.33. The van der Waals surface area contributed by atoms with Crippen LogP contribution in [0.3, 0.4) is 0 Å². The zero-order chi connectivity index (χ0) is 22.7. The van der Waals surface area contributed by atoms with E-state index in [1.165, 1.54) is 23.1 Å². The molecule has 0 radical (unpaired) electrons. The Morgan fingerprint density at radius 3 is 2.32 bits per heavy atom. The highest BCUT2D eigenvalue weighted by molar-refractivity contribution is 6.22. The summed E-state index contributed by atoms with van der Waals surface area (Å²) in [4.78, 5) is 51.8. The Bertz CT molecular complexity index is 1160. The average Bonchev–Trinajstić information content (AvgIpc) is 2.91. The van der Waals surface area contributed by atoms with Crippen molar-refractivity contribution in [2.45, 2.75) is 52.2 Å². The Morgan fingerprint density at radius 2 is 1.65 bits per heavy atom. The van der Waals surface area contributed by atoms with Gasteiger partial charge in [0.15, 0.2) is 5.78 Å². The molecule has 0 saturated carbocycles. The predicted molar refractivity (Wildman–Crippen MR) is 115 cm³/mol. The van der Waals surface area contributed by atoms with Gasteiger partial charge in [-0.05, 0) is 71.0 Å². The van der Waals surface area contributed by atoms with E-state index in [4.69, 9.17) is 4.74 Å². The van der Waals surface area contributed by atoms with Crippen LogP contribution in [-0.2, 0) is 0 Å². The van der Waals surface area contributed by atoms with Crippen molar-refractivity contribution in [2.24, 2.45) is 0 Å². The molecule has 160 valence electrons. The van der Waals surface area contributed by atoms with Gasteiger partial charge in [0, 0.05) is 16.8 Å². The molecule has 7 nitrogen and oxygen atoms in total. The molecule has 3 amide bonds. The quantitative estimate of drug-likeness (QED) is 0.739. The number of carbonyl (C=O) groups excluding carboxylic acids is 4. The minimum Gasteiger partial charge on any atom is -0.487 e. The van der Waals surface area contributed by atoms with E-state index in [0.717, 1.165) is 0 Å². The highest BCUT2D eigenvalue weighted by Gasteiger charge is 2.42. The minimum atomic E-state index is -0.665. The van der Waals surface area contributed by atoms with Crippen LogP contribution in [0.4, 0.5) is 5.69 Å². The summed E-state index contributed by atoms with van der Waals surface area (Å²) in [6.45, 7) is 9.05. The highest BCUT2D eigenvalue weighted by Crippen LogP contribution is 2.35. The summed E-state index contributed by atoms with van der Waals surface area (Å²) in [5.41, 5.74) is 0.385. The van der Waals surface area contributed by atoms with Crippen LogP contribution in [-0.4, -0.2) is 39.5 Å². The largest absolute Gasteiger partial charge is 0.487 e. The molecule has 0 spiro atoms. The molecule has 4 rings (SSSR count). The number of anilines is 1. The van der Waals surface area contributed by atoms with Gasteiger partial charge in [-0.25, -0.2) is 0 Å². The molecule has 0 bridgehead atoms. The molecule has 2 aromatic carbocycles. The number of benzene rings is 2. The number of imide groups is 1. The van der Waals surface area contributed by atoms with E-state index in [0.29, 0.717) is 17.0 Å². The molecule has 0 atom stereocenters. The number of nitrogens with one attached hydrogen (secondary N) is 1. The fraction of sp³-hybridized carbons (Fsp3) is 0.333. The second-order valence-electron chi connectivity index (χ2n) is 9.50. The van der Waals surface area contributed by atoms with Crippen LogP contribution >= 0.6 is 0 Å². The zero-order valence-corrected chi connectivity index (χ0v) is 18.2. The van der Waals surface area contributed by atoms with Crippen LogP contribution in [0.15, 0.2) is 36.4 Å². The fourth-order valence-electron chi connectivity index (χ4n) is 3.92. The average molecular weight is 420 g/mol. The van der Waals surface area contributed by atoms with Crippen molar-refractivity contribution in [2.75, 3.05) is 5.32 Å². The van der Waals surface area contributed by atoms with Crippen molar-refractivity contribution >= 4 is 29.2 Å². The SMILES string of the molecule is CC1(C)CC(=O)c2cc(NC(=O)c3ccc4c(c3)C(=O)N(C(C)(C)C)C4=O)ccc2O1. The van der Waals surface area contributed by atoms with Crippen molar-refractivity contribution in [1.82, 2.24) is 4.90 Å². The summed E-state index contributed by atoms with van der Waals surface area (Å²) >= 11 is 0. The van der Waals surface area contributed by atoms with Gasteiger partial charge in [0.05, 0.1) is 23.1 Å². The second kappa shape index (κ2) is 6.77. The van der Waals surface area contributed by atoms with Gasteiger partial charge in [-0.15, -0.1) is 0 Å². The number of hydrogen-bond acceptors (Lipinski definition) is 5. The van der Waals surface area contributed by atoms with Gasteiger partial charge in [-0.1, -0.05) is 0 Å². The lowest BCUT2D eigenvalue weighted by Crippen LogP contribution is -2.45. The van der Waals surface area contributed by atoms with Crippen molar-refractivity contribution in [3.8, 4) is 5.75 Å². The number of ether oxygens (including phenoxy) is 1. The Kier molecular flexibility index (Phi) is 4.54. The fourth-order valence-corrected chi connectivity index (χ4v) is 3.92. The third-order valence-electron chi connectivity index (χ3n) is 5.33. The lowest BCUT2D eigenvalue weighted by Gasteiger charge is -2.31. The number of rotatable bonds is 2. The standard InChI is InChI=1S/C24H24N2O5/c1-23(2,3)26-21(29)15-8-6-13(10-16(15)22(26)30)20(28)25-14-7-9-19-17(11-14)18(27)12-24(4,5)31-19/h6-11H,12H2,1-5H3,(H,25,28). The van der Waals surface area contributed by atoms with E-state index in [-0.39, 0.29) is 34.8 Å². The van der Waals surface area contributed by atoms with Crippen LogP contribution in [0, 0.1) is 0 Å². The van der Waals surface area contributed by atoms with Gasteiger partial charge in [-0.3, -0.25) is 24.1 Å². The first-order valence-corrected chi connectivity index (χ1v) is 10.1. The van der Waals surface area contributed by atoms with Gasteiger partial charge in [0.2, 0.25) is 0 Å². The molecule has 2 heterocycles. The highest BCUT2D eigenvalue weighted by atomic mass is 16.5. The van der Waals surface area contributed by atoms with Crippen LogP contribution < -0.4 is 10.1 Å². The predicted octanol–water partition coefficient (Wildman–Crippen LogP) is 4.08. The molecule has 2 aromatic rings. The Morgan fingerprint density at radius 1 is 0.968 bits per heavy atom. The number of Topliss-reactive ketones (excluding diaryl/α,β-unsaturated/α-hetero) is 1. The maximum absolute atomic E-state index is 12.8. The maximum atomic E-state index is 12.8. The number of fused-ring (bicyclic) bond motifs is 2. The Balaban J connectivity index is 1.59. The van der Waals surface area contributed by atoms with Crippen LogP contribution in [0.2, 0.25) is 0 Å². The van der Waals surface area contributed by atoms with Gasteiger partial charge in [0.1, 0.15) is 11.4 Å². The molecule has 0 aliphatic carbocycles. The lowest BCUT2D eigenvalue weighted by molar-refractivity contribution is 0.0506. The summed E-state index contributed by atoms with van der Waals surface area (Å²) in [5.74, 6) is -0.784. The van der Waals surface area contributed by atoms with Crippen molar-refractivity contribution in [1.29, 1.82) is 0 Å². The topological polar surface area (TPSA) is 92.8 Å². The monoisotopic (exact) mass is 420 g/mol. The molecule has 0 aromatic heterocycles. The van der Waals surface area contributed by atoms with E-state index >= 15 is 0 Å². The van der Waals surface area contributed by atoms with Gasteiger partial charge >= 0.3 is 0 Å².